The van der Waals surface area contributed by atoms with E-state index >= 15 is 0 Å². The summed E-state index contributed by atoms with van der Waals surface area (Å²) in [6, 6.07) is 4.43. The molecule has 1 aliphatic heterocycles. The first kappa shape index (κ1) is 14.7. The fourth-order valence-electron chi connectivity index (χ4n) is 2.48. The Morgan fingerprint density at radius 2 is 2.15 bits per heavy atom. The van der Waals surface area contributed by atoms with Gasteiger partial charge in [0.15, 0.2) is 5.84 Å². The summed E-state index contributed by atoms with van der Waals surface area (Å²) in [6.07, 6.45) is 1.11. The molecule has 0 aromatic heterocycles. The van der Waals surface area contributed by atoms with E-state index in [1.807, 2.05) is 0 Å². The molecule has 1 aromatic rings. The molecular weight excluding hydrogens is 259 g/mol. The minimum atomic E-state index is -0.383. The third-order valence-corrected chi connectivity index (χ3v) is 3.66. The first-order valence-corrected chi connectivity index (χ1v) is 6.77. The van der Waals surface area contributed by atoms with Crippen molar-refractivity contribution in [2.75, 3.05) is 33.2 Å². The van der Waals surface area contributed by atoms with Crippen LogP contribution >= 0.6 is 0 Å². The van der Waals surface area contributed by atoms with E-state index in [1.54, 1.807) is 6.07 Å². The molecule has 1 aliphatic rings. The average molecular weight is 280 g/mol. The van der Waals surface area contributed by atoms with Crippen molar-refractivity contribution in [3.63, 3.8) is 0 Å². The van der Waals surface area contributed by atoms with Crippen molar-refractivity contribution < 1.29 is 9.60 Å². The average Bonchev–Trinajstić information content (AvgIpc) is 2.65. The van der Waals surface area contributed by atoms with Gasteiger partial charge in [0.25, 0.3) is 0 Å². The summed E-state index contributed by atoms with van der Waals surface area (Å²) in [5.41, 5.74) is 6.97. The fraction of sp³-hybridized carbons (Fsp3) is 0.500. The van der Waals surface area contributed by atoms with E-state index in [2.05, 4.69) is 22.0 Å². The van der Waals surface area contributed by atoms with E-state index in [1.165, 1.54) is 12.1 Å². The molecule has 0 spiro atoms. The van der Waals surface area contributed by atoms with Crippen molar-refractivity contribution in [2.45, 2.75) is 13.0 Å². The third kappa shape index (κ3) is 3.68. The summed E-state index contributed by atoms with van der Waals surface area (Å²) in [4.78, 5) is 4.61. The van der Waals surface area contributed by atoms with E-state index in [9.17, 15) is 4.39 Å². The van der Waals surface area contributed by atoms with Crippen LogP contribution in [0.2, 0.25) is 0 Å². The summed E-state index contributed by atoms with van der Waals surface area (Å²) >= 11 is 0. The highest BCUT2D eigenvalue weighted by Gasteiger charge is 2.15. The van der Waals surface area contributed by atoms with E-state index in [0.29, 0.717) is 12.1 Å². The topological polar surface area (TPSA) is 65.1 Å². The summed E-state index contributed by atoms with van der Waals surface area (Å²) in [5.74, 6) is -0.433. The maximum Gasteiger partial charge on any atom is 0.170 e. The molecule has 1 aromatic carbocycles. The number of hydrogen-bond donors (Lipinski definition) is 2. The van der Waals surface area contributed by atoms with E-state index in [-0.39, 0.29) is 11.7 Å². The van der Waals surface area contributed by atoms with E-state index in [0.717, 1.165) is 38.2 Å². The standard InChI is InChI=1S/C14H21FN4O/c1-18-5-2-6-19(8-7-18)10-11-3-4-12(15)9-13(11)14(16)17-20/h3-4,9,20H,2,5-8,10H2,1H3,(H2,16,17). The van der Waals surface area contributed by atoms with E-state index < -0.39 is 0 Å². The largest absolute Gasteiger partial charge is 0.409 e. The summed E-state index contributed by atoms with van der Waals surface area (Å²) < 4.78 is 13.3. The molecule has 3 N–H and O–H groups in total. The van der Waals surface area contributed by atoms with Crippen LogP contribution in [0, 0.1) is 5.82 Å². The lowest BCUT2D eigenvalue weighted by atomic mass is 10.1. The molecule has 0 radical (unpaired) electrons. The third-order valence-electron chi connectivity index (χ3n) is 3.66. The molecule has 110 valence electrons. The monoisotopic (exact) mass is 280 g/mol. The molecule has 0 unspecified atom stereocenters. The van der Waals surface area contributed by atoms with Crippen LogP contribution in [0.3, 0.4) is 0 Å². The van der Waals surface area contributed by atoms with Crippen LogP contribution in [0.4, 0.5) is 4.39 Å². The molecule has 1 fully saturated rings. The van der Waals surface area contributed by atoms with Crippen molar-refractivity contribution >= 4 is 5.84 Å². The molecule has 1 heterocycles. The number of rotatable bonds is 3. The Morgan fingerprint density at radius 3 is 2.90 bits per heavy atom. The predicted octanol–water partition coefficient (Wildman–Crippen LogP) is 1.06. The molecule has 5 nitrogen and oxygen atoms in total. The van der Waals surface area contributed by atoms with Gasteiger partial charge in [-0.2, -0.15) is 0 Å². The number of benzene rings is 1. The highest BCUT2D eigenvalue weighted by Crippen LogP contribution is 2.15. The fourth-order valence-corrected chi connectivity index (χ4v) is 2.48. The quantitative estimate of drug-likeness (QED) is 0.376. The number of amidine groups is 1. The number of halogens is 1. The number of hydrogen-bond acceptors (Lipinski definition) is 4. The maximum absolute atomic E-state index is 13.3. The number of likely N-dealkylation sites (N-methyl/N-ethyl adjacent to an activating group) is 1. The molecular formula is C14H21FN4O. The first-order chi connectivity index (χ1) is 9.60. The second-order valence-electron chi connectivity index (χ2n) is 5.22. The van der Waals surface area contributed by atoms with Gasteiger partial charge in [0.1, 0.15) is 5.82 Å². The SMILES string of the molecule is CN1CCCN(Cc2ccc(F)cc2C(N)=NO)CC1. The van der Waals surface area contributed by atoms with Crippen LogP contribution in [-0.4, -0.2) is 54.1 Å². The Balaban J connectivity index is 2.16. The zero-order valence-electron chi connectivity index (χ0n) is 11.7. The Kier molecular flexibility index (Phi) is 4.92. The first-order valence-electron chi connectivity index (χ1n) is 6.77. The minimum Gasteiger partial charge on any atom is -0.409 e. The van der Waals surface area contributed by atoms with Crippen molar-refractivity contribution in [1.29, 1.82) is 0 Å². The maximum atomic E-state index is 13.3. The van der Waals surface area contributed by atoms with Crippen LogP contribution in [0.25, 0.3) is 0 Å². The number of oxime groups is 1. The Bertz CT molecular complexity index is 492. The zero-order chi connectivity index (χ0) is 14.5. The molecule has 1 saturated heterocycles. The lowest BCUT2D eigenvalue weighted by Gasteiger charge is -2.21. The summed E-state index contributed by atoms with van der Waals surface area (Å²) in [7, 11) is 2.11. The highest BCUT2D eigenvalue weighted by atomic mass is 19.1. The Labute approximate surface area is 118 Å². The van der Waals surface area contributed by atoms with Gasteiger partial charge in [-0.05, 0) is 44.3 Å². The molecule has 0 amide bonds. The molecule has 0 bridgehead atoms. The number of nitrogens with zero attached hydrogens (tertiary/aromatic N) is 3. The summed E-state index contributed by atoms with van der Waals surface area (Å²) in [5, 5.41) is 11.8. The molecule has 0 aliphatic carbocycles. The van der Waals surface area contributed by atoms with Gasteiger partial charge in [0.2, 0.25) is 0 Å². The van der Waals surface area contributed by atoms with Gasteiger partial charge in [0, 0.05) is 25.2 Å². The van der Waals surface area contributed by atoms with Crippen molar-refractivity contribution in [3.05, 3.63) is 35.1 Å². The minimum absolute atomic E-state index is 0.0496. The zero-order valence-corrected chi connectivity index (χ0v) is 11.7. The molecule has 2 rings (SSSR count). The number of nitrogens with two attached hydrogens (primary N) is 1. The van der Waals surface area contributed by atoms with Gasteiger partial charge in [-0.15, -0.1) is 0 Å². The van der Waals surface area contributed by atoms with Crippen molar-refractivity contribution in [1.82, 2.24) is 9.80 Å². The lowest BCUT2D eigenvalue weighted by molar-refractivity contribution is 0.269. The van der Waals surface area contributed by atoms with Crippen molar-refractivity contribution in [2.24, 2.45) is 10.9 Å². The van der Waals surface area contributed by atoms with Crippen LogP contribution in [0.1, 0.15) is 17.5 Å². The normalized spacial score (nSPS) is 19.0. The van der Waals surface area contributed by atoms with Gasteiger partial charge in [0.05, 0.1) is 0 Å². The second-order valence-corrected chi connectivity index (χ2v) is 5.22. The molecule has 20 heavy (non-hydrogen) atoms. The predicted molar refractivity (Wildman–Crippen MR) is 76.3 cm³/mol. The van der Waals surface area contributed by atoms with Gasteiger partial charge in [-0.25, -0.2) is 4.39 Å². The lowest BCUT2D eigenvalue weighted by Crippen LogP contribution is -2.29. The van der Waals surface area contributed by atoms with Gasteiger partial charge in [-0.1, -0.05) is 11.2 Å². The second kappa shape index (κ2) is 6.67. The highest BCUT2D eigenvalue weighted by molar-refractivity contribution is 5.98. The van der Waals surface area contributed by atoms with E-state index in [4.69, 9.17) is 10.9 Å². The summed E-state index contributed by atoms with van der Waals surface area (Å²) in [6.45, 7) is 4.74. The molecule has 0 atom stereocenters. The Hall–Kier alpha value is -1.66. The van der Waals surface area contributed by atoms with Crippen LogP contribution in [-0.2, 0) is 6.54 Å². The van der Waals surface area contributed by atoms with Gasteiger partial charge >= 0.3 is 0 Å². The van der Waals surface area contributed by atoms with Gasteiger partial charge in [-0.3, -0.25) is 4.90 Å². The smallest absolute Gasteiger partial charge is 0.170 e. The molecule has 6 heteroatoms. The molecule has 0 saturated carbocycles. The Morgan fingerprint density at radius 1 is 1.35 bits per heavy atom. The van der Waals surface area contributed by atoms with Crippen LogP contribution in [0.15, 0.2) is 23.4 Å². The van der Waals surface area contributed by atoms with Crippen molar-refractivity contribution in [3.8, 4) is 0 Å². The van der Waals surface area contributed by atoms with Crippen LogP contribution in [0.5, 0.6) is 0 Å². The van der Waals surface area contributed by atoms with Crippen LogP contribution < -0.4 is 5.73 Å². The van der Waals surface area contributed by atoms with Gasteiger partial charge < -0.3 is 15.8 Å².